The maximum Gasteiger partial charge on any atom is 0.140 e. The number of anilines is 1. The molecule has 5 heteroatoms. The fraction of sp³-hybridized carbons (Fsp3) is 0.182. The Bertz CT molecular complexity index is 496. The Morgan fingerprint density at radius 2 is 2.19 bits per heavy atom. The molecule has 16 heavy (non-hydrogen) atoms. The van der Waals surface area contributed by atoms with Gasteiger partial charge in [-0.15, -0.1) is 11.8 Å². The van der Waals surface area contributed by atoms with Gasteiger partial charge in [-0.05, 0) is 12.3 Å². The SMILES string of the molecule is COc1c(SC)cccc1-c1cn[nH]c1N. The van der Waals surface area contributed by atoms with E-state index in [0.29, 0.717) is 5.82 Å². The summed E-state index contributed by atoms with van der Waals surface area (Å²) >= 11 is 1.64. The summed E-state index contributed by atoms with van der Waals surface area (Å²) in [5, 5.41) is 6.64. The van der Waals surface area contributed by atoms with Gasteiger partial charge in [-0.25, -0.2) is 0 Å². The molecule has 0 aliphatic heterocycles. The van der Waals surface area contributed by atoms with Crippen molar-refractivity contribution < 1.29 is 4.74 Å². The molecule has 0 unspecified atom stereocenters. The Kier molecular flexibility index (Phi) is 3.05. The number of methoxy groups -OCH3 is 1. The second kappa shape index (κ2) is 4.49. The molecule has 0 amide bonds. The van der Waals surface area contributed by atoms with Crippen molar-refractivity contribution >= 4 is 17.6 Å². The van der Waals surface area contributed by atoms with E-state index in [1.165, 1.54) is 0 Å². The summed E-state index contributed by atoms with van der Waals surface area (Å²) in [4.78, 5) is 1.08. The number of hydrogen-bond acceptors (Lipinski definition) is 4. The summed E-state index contributed by atoms with van der Waals surface area (Å²) in [6.07, 6.45) is 3.72. The van der Waals surface area contributed by atoms with Gasteiger partial charge >= 0.3 is 0 Å². The molecular weight excluding hydrogens is 222 g/mol. The van der Waals surface area contributed by atoms with E-state index in [4.69, 9.17) is 10.5 Å². The van der Waals surface area contributed by atoms with Crippen molar-refractivity contribution in [2.24, 2.45) is 0 Å². The van der Waals surface area contributed by atoms with Crippen LogP contribution in [0.25, 0.3) is 11.1 Å². The normalized spacial score (nSPS) is 10.4. The molecule has 0 spiro atoms. The van der Waals surface area contributed by atoms with Gasteiger partial charge in [0.05, 0.1) is 13.3 Å². The van der Waals surface area contributed by atoms with Crippen LogP contribution in [-0.4, -0.2) is 23.6 Å². The largest absolute Gasteiger partial charge is 0.495 e. The Hall–Kier alpha value is -1.62. The van der Waals surface area contributed by atoms with Crippen molar-refractivity contribution in [2.45, 2.75) is 4.90 Å². The van der Waals surface area contributed by atoms with E-state index in [1.807, 2.05) is 24.5 Å². The Labute approximate surface area is 98.2 Å². The van der Waals surface area contributed by atoms with Gasteiger partial charge in [0, 0.05) is 16.0 Å². The number of benzene rings is 1. The number of thioether (sulfide) groups is 1. The lowest BCUT2D eigenvalue weighted by molar-refractivity contribution is 0.406. The first-order valence-corrected chi connectivity index (χ1v) is 6.00. The van der Waals surface area contributed by atoms with Gasteiger partial charge in [0.1, 0.15) is 11.6 Å². The number of H-pyrrole nitrogens is 1. The lowest BCUT2D eigenvalue weighted by atomic mass is 10.1. The lowest BCUT2D eigenvalue weighted by Gasteiger charge is -2.11. The maximum atomic E-state index is 5.81. The van der Waals surface area contributed by atoms with Crippen LogP contribution in [0.5, 0.6) is 5.75 Å². The van der Waals surface area contributed by atoms with E-state index in [-0.39, 0.29) is 0 Å². The third-order valence-corrected chi connectivity index (χ3v) is 3.12. The van der Waals surface area contributed by atoms with Crippen LogP contribution in [0.4, 0.5) is 5.82 Å². The number of nitrogen functional groups attached to an aromatic ring is 1. The minimum Gasteiger partial charge on any atom is -0.495 e. The number of para-hydroxylation sites is 1. The number of nitrogens with two attached hydrogens (primary N) is 1. The lowest BCUT2D eigenvalue weighted by Crippen LogP contribution is -1.92. The second-order valence-electron chi connectivity index (χ2n) is 3.24. The highest BCUT2D eigenvalue weighted by molar-refractivity contribution is 7.98. The van der Waals surface area contributed by atoms with Crippen molar-refractivity contribution in [1.29, 1.82) is 0 Å². The van der Waals surface area contributed by atoms with Gasteiger partial charge in [0.15, 0.2) is 0 Å². The molecule has 84 valence electrons. The number of aromatic nitrogens is 2. The van der Waals surface area contributed by atoms with Gasteiger partial charge in [0.2, 0.25) is 0 Å². The highest BCUT2D eigenvalue weighted by atomic mass is 32.2. The Morgan fingerprint density at radius 3 is 2.75 bits per heavy atom. The highest BCUT2D eigenvalue weighted by Crippen LogP contribution is 2.38. The van der Waals surface area contributed by atoms with Gasteiger partial charge in [-0.1, -0.05) is 12.1 Å². The van der Waals surface area contributed by atoms with Crippen LogP contribution in [0.15, 0.2) is 29.3 Å². The van der Waals surface area contributed by atoms with Crippen LogP contribution in [-0.2, 0) is 0 Å². The van der Waals surface area contributed by atoms with E-state index in [0.717, 1.165) is 21.8 Å². The van der Waals surface area contributed by atoms with E-state index >= 15 is 0 Å². The average Bonchev–Trinajstić information content (AvgIpc) is 2.74. The third kappa shape index (κ3) is 1.74. The molecule has 1 aromatic carbocycles. The first kappa shape index (κ1) is 10.9. The van der Waals surface area contributed by atoms with Crippen molar-refractivity contribution in [1.82, 2.24) is 10.2 Å². The Balaban J connectivity index is 2.61. The molecule has 2 aromatic rings. The monoisotopic (exact) mass is 235 g/mol. The molecule has 0 saturated heterocycles. The smallest absolute Gasteiger partial charge is 0.140 e. The van der Waals surface area contributed by atoms with Crippen molar-refractivity contribution in [3.63, 3.8) is 0 Å². The van der Waals surface area contributed by atoms with Gasteiger partial charge in [-0.3, -0.25) is 5.10 Å². The minimum atomic E-state index is 0.552. The molecule has 0 saturated carbocycles. The zero-order chi connectivity index (χ0) is 11.5. The van der Waals surface area contributed by atoms with Gasteiger partial charge in [-0.2, -0.15) is 5.10 Å². The standard InChI is InChI=1S/C11H13N3OS/c1-15-10-7(4-3-5-9(10)16-2)8-6-13-14-11(8)12/h3-6H,1-2H3,(H3,12,13,14). The summed E-state index contributed by atoms with van der Waals surface area (Å²) in [5.41, 5.74) is 7.63. The summed E-state index contributed by atoms with van der Waals surface area (Å²) in [6.45, 7) is 0. The summed E-state index contributed by atoms with van der Waals surface area (Å²) in [6, 6.07) is 5.97. The molecule has 3 N–H and O–H groups in total. The van der Waals surface area contributed by atoms with E-state index in [2.05, 4.69) is 10.2 Å². The zero-order valence-electron chi connectivity index (χ0n) is 9.15. The van der Waals surface area contributed by atoms with Crippen molar-refractivity contribution in [2.75, 3.05) is 19.1 Å². The molecule has 0 bridgehead atoms. The van der Waals surface area contributed by atoms with E-state index in [1.54, 1.807) is 25.1 Å². The van der Waals surface area contributed by atoms with Crippen molar-refractivity contribution in [3.8, 4) is 16.9 Å². The summed E-state index contributed by atoms with van der Waals surface area (Å²) < 4.78 is 5.43. The molecule has 2 rings (SSSR count). The quantitative estimate of drug-likeness (QED) is 0.802. The first-order chi connectivity index (χ1) is 7.77. The van der Waals surface area contributed by atoms with Crippen LogP contribution >= 0.6 is 11.8 Å². The van der Waals surface area contributed by atoms with Crippen molar-refractivity contribution in [3.05, 3.63) is 24.4 Å². The number of hydrogen-bond donors (Lipinski definition) is 2. The topological polar surface area (TPSA) is 63.9 Å². The molecule has 0 atom stereocenters. The third-order valence-electron chi connectivity index (χ3n) is 2.36. The van der Waals surface area contributed by atoms with Crippen LogP contribution in [0.1, 0.15) is 0 Å². The number of nitrogens with zero attached hydrogens (tertiary/aromatic N) is 1. The second-order valence-corrected chi connectivity index (χ2v) is 4.09. The molecular formula is C11H13N3OS. The highest BCUT2D eigenvalue weighted by Gasteiger charge is 2.13. The molecule has 1 aromatic heterocycles. The molecule has 0 aliphatic rings. The fourth-order valence-corrected chi connectivity index (χ4v) is 2.20. The van der Waals surface area contributed by atoms with Crippen LogP contribution in [0, 0.1) is 0 Å². The molecule has 0 aliphatic carbocycles. The molecule has 0 fully saturated rings. The van der Waals surface area contributed by atoms with Crippen LogP contribution < -0.4 is 10.5 Å². The zero-order valence-corrected chi connectivity index (χ0v) is 9.97. The average molecular weight is 235 g/mol. The van der Waals surface area contributed by atoms with Gasteiger partial charge < -0.3 is 10.5 Å². The van der Waals surface area contributed by atoms with Gasteiger partial charge in [0.25, 0.3) is 0 Å². The molecule has 0 radical (unpaired) electrons. The van der Waals surface area contributed by atoms with E-state index < -0.39 is 0 Å². The first-order valence-electron chi connectivity index (χ1n) is 4.78. The maximum absolute atomic E-state index is 5.81. The summed E-state index contributed by atoms with van der Waals surface area (Å²) in [7, 11) is 1.66. The predicted octanol–water partition coefficient (Wildman–Crippen LogP) is 2.39. The summed E-state index contributed by atoms with van der Waals surface area (Å²) in [5.74, 6) is 1.39. The number of ether oxygens (including phenoxy) is 1. The van der Waals surface area contributed by atoms with Crippen LogP contribution in [0.3, 0.4) is 0 Å². The Morgan fingerprint density at radius 1 is 1.38 bits per heavy atom. The van der Waals surface area contributed by atoms with Crippen LogP contribution in [0.2, 0.25) is 0 Å². The fourth-order valence-electron chi connectivity index (χ4n) is 1.61. The molecule has 1 heterocycles. The number of nitrogens with one attached hydrogen (secondary N) is 1. The minimum absolute atomic E-state index is 0.552. The molecule has 4 nitrogen and oxygen atoms in total. The number of rotatable bonds is 3. The van der Waals surface area contributed by atoms with E-state index in [9.17, 15) is 0 Å². The predicted molar refractivity (Wildman–Crippen MR) is 66.8 cm³/mol. The number of aromatic amines is 1.